The number of aromatic nitrogens is 1. The number of carbonyl (C=O) groups excluding carboxylic acids is 3. The van der Waals surface area contributed by atoms with Crippen molar-refractivity contribution in [2.45, 2.75) is 44.0 Å². The first-order valence-corrected chi connectivity index (χ1v) is 9.65. The molecule has 27 heavy (non-hydrogen) atoms. The third kappa shape index (κ3) is 5.93. The summed E-state index contributed by atoms with van der Waals surface area (Å²) < 4.78 is 16.0. The molecule has 1 aliphatic rings. The van der Waals surface area contributed by atoms with Crippen LogP contribution in [0.5, 0.6) is 0 Å². The van der Waals surface area contributed by atoms with Crippen LogP contribution in [0.3, 0.4) is 0 Å². The van der Waals surface area contributed by atoms with Gasteiger partial charge in [-0.05, 0) is 19.1 Å². The van der Waals surface area contributed by atoms with Crippen LogP contribution in [0.2, 0.25) is 0 Å². The van der Waals surface area contributed by atoms with Gasteiger partial charge in [0.05, 0.1) is 10.9 Å². The Morgan fingerprint density at radius 2 is 2.11 bits per heavy atom. The SMILES string of the molecule is CC(C)C(=O)OC1C(C)OC(=O)C(N)COC(=O)C1CSc1ccccn1. The van der Waals surface area contributed by atoms with Crippen molar-refractivity contribution in [1.29, 1.82) is 0 Å². The van der Waals surface area contributed by atoms with E-state index in [4.69, 9.17) is 19.9 Å². The first-order valence-electron chi connectivity index (χ1n) is 8.66. The lowest BCUT2D eigenvalue weighted by Gasteiger charge is -2.29. The number of hydrogen-bond donors (Lipinski definition) is 1. The number of nitrogens with two attached hydrogens (primary N) is 1. The summed E-state index contributed by atoms with van der Waals surface area (Å²) in [6.45, 7) is 4.64. The molecule has 2 rings (SSSR count). The molecule has 2 heterocycles. The van der Waals surface area contributed by atoms with Gasteiger partial charge in [0.25, 0.3) is 0 Å². The van der Waals surface area contributed by atoms with Crippen LogP contribution in [0.1, 0.15) is 20.8 Å². The van der Waals surface area contributed by atoms with Gasteiger partial charge in [-0.1, -0.05) is 19.9 Å². The van der Waals surface area contributed by atoms with Crippen LogP contribution in [0.25, 0.3) is 0 Å². The Morgan fingerprint density at radius 3 is 2.74 bits per heavy atom. The maximum absolute atomic E-state index is 12.6. The molecule has 8 nitrogen and oxygen atoms in total. The lowest BCUT2D eigenvalue weighted by molar-refractivity contribution is -0.175. The Bertz CT molecular complexity index is 669. The summed E-state index contributed by atoms with van der Waals surface area (Å²) in [5.41, 5.74) is 5.67. The minimum atomic E-state index is -1.08. The maximum atomic E-state index is 12.6. The fraction of sp³-hybridized carbons (Fsp3) is 0.556. The highest BCUT2D eigenvalue weighted by Gasteiger charge is 2.41. The van der Waals surface area contributed by atoms with Gasteiger partial charge in [-0.25, -0.2) is 4.98 Å². The molecule has 4 unspecified atom stereocenters. The molecule has 1 fully saturated rings. The highest BCUT2D eigenvalue weighted by molar-refractivity contribution is 7.99. The van der Waals surface area contributed by atoms with Gasteiger partial charge in [0.1, 0.15) is 24.7 Å². The zero-order valence-corrected chi connectivity index (χ0v) is 16.3. The number of nitrogens with zero attached hydrogens (tertiary/aromatic N) is 1. The van der Waals surface area contributed by atoms with Crippen molar-refractivity contribution in [3.05, 3.63) is 24.4 Å². The Kier molecular flexibility index (Phi) is 7.61. The van der Waals surface area contributed by atoms with Crippen LogP contribution < -0.4 is 5.73 Å². The van der Waals surface area contributed by atoms with Crippen molar-refractivity contribution < 1.29 is 28.6 Å². The summed E-state index contributed by atoms with van der Waals surface area (Å²) in [5, 5.41) is 0.709. The second-order valence-corrected chi connectivity index (χ2v) is 7.56. The Hall–Kier alpha value is -2.13. The molecule has 148 valence electrons. The zero-order chi connectivity index (χ0) is 20.0. The number of rotatable bonds is 5. The molecular weight excluding hydrogens is 372 g/mol. The normalized spacial score (nSPS) is 26.4. The molecule has 2 N–H and O–H groups in total. The third-order valence-corrected chi connectivity index (χ3v) is 5.01. The number of hydrogen-bond acceptors (Lipinski definition) is 9. The van der Waals surface area contributed by atoms with Crippen LogP contribution in [-0.2, 0) is 28.6 Å². The van der Waals surface area contributed by atoms with Gasteiger partial charge >= 0.3 is 17.9 Å². The molecule has 1 saturated heterocycles. The molecule has 0 amide bonds. The lowest BCUT2D eigenvalue weighted by Crippen LogP contribution is -2.44. The topological polar surface area (TPSA) is 118 Å². The molecular formula is C18H24N2O6S. The van der Waals surface area contributed by atoms with Crippen molar-refractivity contribution in [2.75, 3.05) is 12.4 Å². The Labute approximate surface area is 162 Å². The molecule has 1 aliphatic heterocycles. The first-order chi connectivity index (χ1) is 12.8. The summed E-state index contributed by atoms with van der Waals surface area (Å²) in [7, 11) is 0. The standard InChI is InChI=1S/C18H24N2O6S/c1-10(2)16(21)26-15-11(3)25-18(23)13(19)8-24-17(22)12(15)9-27-14-6-4-5-7-20-14/h4-7,10-13,15H,8-9,19H2,1-3H3. The fourth-order valence-corrected chi connectivity index (χ4v) is 3.35. The predicted octanol–water partition coefficient (Wildman–Crippen LogP) is 1.17. The van der Waals surface area contributed by atoms with E-state index in [1.54, 1.807) is 39.1 Å². The maximum Gasteiger partial charge on any atom is 0.326 e. The largest absolute Gasteiger partial charge is 0.463 e. The highest BCUT2D eigenvalue weighted by Crippen LogP contribution is 2.27. The second kappa shape index (κ2) is 9.70. The average Bonchev–Trinajstić information content (AvgIpc) is 2.67. The van der Waals surface area contributed by atoms with Crippen LogP contribution >= 0.6 is 11.8 Å². The van der Waals surface area contributed by atoms with Crippen molar-refractivity contribution >= 4 is 29.7 Å². The summed E-state index contributed by atoms with van der Waals surface area (Å²) in [6.07, 6.45) is -0.201. The number of pyridine rings is 1. The van der Waals surface area contributed by atoms with Crippen molar-refractivity contribution in [3.8, 4) is 0 Å². The molecule has 0 bridgehead atoms. The number of esters is 3. The number of ether oxygens (including phenoxy) is 3. The summed E-state index contributed by atoms with van der Waals surface area (Å²) in [5.74, 6) is -2.80. The smallest absolute Gasteiger partial charge is 0.326 e. The lowest BCUT2D eigenvalue weighted by atomic mass is 10.00. The first kappa shape index (κ1) is 21.2. The van der Waals surface area contributed by atoms with E-state index < -0.39 is 48.0 Å². The molecule has 1 aromatic rings. The number of thioether (sulfide) groups is 1. The van der Waals surface area contributed by atoms with Gasteiger partial charge in [0, 0.05) is 11.9 Å². The summed E-state index contributed by atoms with van der Waals surface area (Å²) in [6, 6.07) is 4.34. The second-order valence-electron chi connectivity index (χ2n) is 6.52. The zero-order valence-electron chi connectivity index (χ0n) is 15.5. The van der Waals surface area contributed by atoms with Crippen molar-refractivity contribution in [1.82, 2.24) is 4.98 Å². The van der Waals surface area contributed by atoms with E-state index in [1.807, 2.05) is 6.07 Å². The van der Waals surface area contributed by atoms with E-state index in [1.165, 1.54) is 11.8 Å². The van der Waals surface area contributed by atoms with E-state index in [0.717, 1.165) is 0 Å². The Morgan fingerprint density at radius 1 is 1.37 bits per heavy atom. The molecule has 0 spiro atoms. The molecule has 9 heteroatoms. The summed E-state index contributed by atoms with van der Waals surface area (Å²) >= 11 is 1.32. The quantitative estimate of drug-likeness (QED) is 0.444. The predicted molar refractivity (Wildman–Crippen MR) is 97.7 cm³/mol. The van der Waals surface area contributed by atoms with Gasteiger partial charge in [-0.2, -0.15) is 0 Å². The fourth-order valence-electron chi connectivity index (χ4n) is 2.36. The van der Waals surface area contributed by atoms with E-state index >= 15 is 0 Å². The third-order valence-electron chi connectivity index (χ3n) is 3.94. The van der Waals surface area contributed by atoms with Crippen LogP contribution in [0.4, 0.5) is 0 Å². The van der Waals surface area contributed by atoms with Crippen molar-refractivity contribution in [3.63, 3.8) is 0 Å². The summed E-state index contributed by atoms with van der Waals surface area (Å²) in [4.78, 5) is 41.0. The van der Waals surface area contributed by atoms with Crippen LogP contribution in [0, 0.1) is 11.8 Å². The van der Waals surface area contributed by atoms with Crippen LogP contribution in [-0.4, -0.2) is 53.5 Å². The monoisotopic (exact) mass is 396 g/mol. The van der Waals surface area contributed by atoms with Gasteiger partial charge < -0.3 is 19.9 Å². The highest BCUT2D eigenvalue weighted by atomic mass is 32.2. The minimum Gasteiger partial charge on any atom is -0.463 e. The van der Waals surface area contributed by atoms with Crippen molar-refractivity contribution in [2.24, 2.45) is 17.6 Å². The molecule has 0 saturated carbocycles. The van der Waals surface area contributed by atoms with Gasteiger partial charge in [0.2, 0.25) is 0 Å². The molecule has 0 aliphatic carbocycles. The van der Waals surface area contributed by atoms with Gasteiger partial charge in [-0.3, -0.25) is 14.4 Å². The Balaban J connectivity index is 2.26. The van der Waals surface area contributed by atoms with E-state index in [-0.39, 0.29) is 12.4 Å². The number of cyclic esters (lactones) is 2. The van der Waals surface area contributed by atoms with Gasteiger partial charge in [0.15, 0.2) is 6.10 Å². The minimum absolute atomic E-state index is 0.239. The molecule has 4 atom stereocenters. The molecule has 0 aromatic carbocycles. The van der Waals surface area contributed by atoms with E-state index in [9.17, 15) is 14.4 Å². The molecule has 1 aromatic heterocycles. The van der Waals surface area contributed by atoms with E-state index in [0.29, 0.717) is 5.03 Å². The van der Waals surface area contributed by atoms with Gasteiger partial charge in [-0.15, -0.1) is 11.8 Å². The number of carbonyl (C=O) groups is 3. The van der Waals surface area contributed by atoms with E-state index in [2.05, 4.69) is 4.98 Å². The van der Waals surface area contributed by atoms with Crippen LogP contribution in [0.15, 0.2) is 29.4 Å². The average molecular weight is 396 g/mol. The molecule has 0 radical (unpaired) electrons.